The summed E-state index contributed by atoms with van der Waals surface area (Å²) in [5, 5.41) is 2.59. The fraction of sp³-hybridized carbons (Fsp3) is 0.452. The molecule has 2 fully saturated rings. The molecule has 230 valence electrons. The Morgan fingerprint density at radius 1 is 1.07 bits per heavy atom. The van der Waals surface area contributed by atoms with Crippen molar-refractivity contribution < 1.29 is 27.1 Å². The van der Waals surface area contributed by atoms with Gasteiger partial charge in [-0.05, 0) is 70.8 Å². The van der Waals surface area contributed by atoms with Crippen LogP contribution in [0.3, 0.4) is 0 Å². The van der Waals surface area contributed by atoms with Crippen LogP contribution in [0.4, 0.5) is 28.9 Å². The maximum Gasteiger partial charge on any atom is 0.417 e. The van der Waals surface area contributed by atoms with E-state index in [2.05, 4.69) is 20.2 Å². The van der Waals surface area contributed by atoms with Crippen LogP contribution in [-0.2, 0) is 6.18 Å². The molecule has 2 atom stereocenters. The van der Waals surface area contributed by atoms with Gasteiger partial charge < -0.3 is 19.9 Å². The SMILES string of the molecule is CC1CN(c2cc(F)c(-c3cccnc3OC3CCCCC3)cc2NC(=O)c2c[nH]c(=O)cc2C(F)(F)F)CC(C)N1C. The van der Waals surface area contributed by atoms with Crippen molar-refractivity contribution in [3.63, 3.8) is 0 Å². The Morgan fingerprint density at radius 3 is 2.44 bits per heavy atom. The molecule has 43 heavy (non-hydrogen) atoms. The number of nitrogens with zero attached hydrogens (tertiary/aromatic N) is 3. The van der Waals surface area contributed by atoms with Crippen LogP contribution in [0.1, 0.15) is 61.9 Å². The standard InChI is InChI=1S/C31H35F4N5O3/c1-18-16-40(17-19(2)39(18)3)27-14-25(32)22(21-10-7-11-36-30(21)43-20-8-5-4-6-9-20)12-26(27)38-29(42)23-15-37-28(41)13-24(23)31(33,34)35/h7,10-15,18-20H,4-6,8-9,16-17H2,1-3H3,(H,37,41)(H,38,42). The maximum atomic E-state index is 16.0. The summed E-state index contributed by atoms with van der Waals surface area (Å²) in [6, 6.07) is 6.54. The minimum atomic E-state index is -4.94. The summed E-state index contributed by atoms with van der Waals surface area (Å²) in [4.78, 5) is 35.7. The van der Waals surface area contributed by atoms with E-state index in [9.17, 15) is 22.8 Å². The van der Waals surface area contributed by atoms with E-state index in [4.69, 9.17) is 4.74 Å². The highest BCUT2D eigenvalue weighted by Gasteiger charge is 2.36. The van der Waals surface area contributed by atoms with Gasteiger partial charge in [0, 0.05) is 54.8 Å². The number of halogens is 4. The Morgan fingerprint density at radius 2 is 1.77 bits per heavy atom. The van der Waals surface area contributed by atoms with E-state index in [1.54, 1.807) is 18.3 Å². The van der Waals surface area contributed by atoms with E-state index in [-0.39, 0.29) is 35.3 Å². The van der Waals surface area contributed by atoms with Crippen LogP contribution in [0.2, 0.25) is 0 Å². The third kappa shape index (κ3) is 6.69. The predicted octanol–water partition coefficient (Wildman–Crippen LogP) is 6.09. The van der Waals surface area contributed by atoms with Crippen LogP contribution in [-0.4, -0.2) is 59.1 Å². The van der Waals surface area contributed by atoms with Crippen molar-refractivity contribution in [3.05, 3.63) is 70.0 Å². The third-order valence-corrected chi connectivity index (χ3v) is 8.40. The number of rotatable bonds is 6. The highest BCUT2D eigenvalue weighted by atomic mass is 19.4. The smallest absolute Gasteiger partial charge is 0.417 e. The molecule has 2 N–H and O–H groups in total. The van der Waals surface area contributed by atoms with Gasteiger partial charge in [-0.2, -0.15) is 13.2 Å². The number of carbonyl (C=O) groups is 1. The van der Waals surface area contributed by atoms with Crippen molar-refractivity contribution >= 4 is 17.3 Å². The molecule has 1 saturated heterocycles. The molecule has 1 amide bonds. The number of hydrogen-bond donors (Lipinski definition) is 2. The fourth-order valence-electron chi connectivity index (χ4n) is 5.85. The van der Waals surface area contributed by atoms with Gasteiger partial charge in [-0.1, -0.05) is 6.42 Å². The van der Waals surface area contributed by atoms with Crippen molar-refractivity contribution in [2.75, 3.05) is 30.4 Å². The normalized spacial score (nSPS) is 20.2. The minimum absolute atomic E-state index is 0.0572. The molecule has 1 aliphatic carbocycles. The van der Waals surface area contributed by atoms with E-state index in [0.29, 0.717) is 30.4 Å². The van der Waals surface area contributed by atoms with Crippen LogP contribution >= 0.6 is 0 Å². The van der Waals surface area contributed by atoms with Gasteiger partial charge in [0.15, 0.2) is 0 Å². The van der Waals surface area contributed by atoms with Crippen molar-refractivity contribution in [1.29, 1.82) is 0 Å². The Kier molecular flexibility index (Phi) is 8.77. The Labute approximate surface area is 247 Å². The largest absolute Gasteiger partial charge is 0.474 e. The summed E-state index contributed by atoms with van der Waals surface area (Å²) in [5.41, 5.74) is -2.20. The zero-order chi connectivity index (χ0) is 30.9. The van der Waals surface area contributed by atoms with E-state index in [1.165, 1.54) is 12.1 Å². The summed E-state index contributed by atoms with van der Waals surface area (Å²) in [6.45, 7) is 5.04. The van der Waals surface area contributed by atoms with Gasteiger partial charge in [-0.3, -0.25) is 14.5 Å². The Hall–Kier alpha value is -3.93. The monoisotopic (exact) mass is 601 g/mol. The number of ether oxygens (including phenoxy) is 1. The van der Waals surface area contributed by atoms with Crippen molar-refractivity contribution in [1.82, 2.24) is 14.9 Å². The average Bonchev–Trinajstić information content (AvgIpc) is 2.96. The first-order valence-electron chi connectivity index (χ1n) is 14.5. The third-order valence-electron chi connectivity index (χ3n) is 8.40. The molecule has 2 aromatic heterocycles. The average molecular weight is 602 g/mol. The van der Waals surface area contributed by atoms with Gasteiger partial charge in [0.25, 0.3) is 5.91 Å². The summed E-state index contributed by atoms with van der Waals surface area (Å²) >= 11 is 0. The maximum absolute atomic E-state index is 16.0. The number of carbonyl (C=O) groups excluding carboxylic acids is 1. The highest BCUT2D eigenvalue weighted by Crippen LogP contribution is 2.40. The number of amides is 1. The quantitative estimate of drug-likeness (QED) is 0.333. The predicted molar refractivity (Wildman–Crippen MR) is 156 cm³/mol. The van der Waals surface area contributed by atoms with Crippen LogP contribution in [0, 0.1) is 5.82 Å². The van der Waals surface area contributed by atoms with Crippen molar-refractivity contribution in [2.24, 2.45) is 0 Å². The molecule has 0 spiro atoms. The molecular formula is C31H35F4N5O3. The van der Waals surface area contributed by atoms with Gasteiger partial charge in [-0.25, -0.2) is 9.37 Å². The zero-order valence-electron chi connectivity index (χ0n) is 24.3. The molecule has 2 aliphatic rings. The number of H-pyrrole nitrogens is 1. The van der Waals surface area contributed by atoms with Gasteiger partial charge >= 0.3 is 6.18 Å². The number of hydrogen-bond acceptors (Lipinski definition) is 6. The van der Waals surface area contributed by atoms with Gasteiger partial charge in [-0.15, -0.1) is 0 Å². The van der Waals surface area contributed by atoms with E-state index in [0.717, 1.165) is 38.3 Å². The number of piperazine rings is 1. The number of nitrogens with one attached hydrogen (secondary N) is 2. The zero-order valence-corrected chi connectivity index (χ0v) is 24.3. The molecule has 0 bridgehead atoms. The van der Waals surface area contributed by atoms with E-state index in [1.807, 2.05) is 25.8 Å². The number of pyridine rings is 2. The molecule has 0 radical (unpaired) electrons. The highest BCUT2D eigenvalue weighted by molar-refractivity contribution is 6.07. The first-order chi connectivity index (χ1) is 20.4. The number of aromatic amines is 1. The summed E-state index contributed by atoms with van der Waals surface area (Å²) in [6.07, 6.45) is 2.19. The fourth-order valence-corrected chi connectivity index (χ4v) is 5.85. The molecule has 2 unspecified atom stereocenters. The molecule has 3 aromatic rings. The Balaban J connectivity index is 1.59. The Bertz CT molecular complexity index is 1520. The molecule has 3 heterocycles. The first kappa shape index (κ1) is 30.5. The lowest BCUT2D eigenvalue weighted by molar-refractivity contribution is -0.138. The van der Waals surface area contributed by atoms with Crippen LogP contribution < -0.4 is 20.5 Å². The summed E-state index contributed by atoms with van der Waals surface area (Å²) in [7, 11) is 1.99. The number of aromatic nitrogens is 2. The second-order valence-electron chi connectivity index (χ2n) is 11.4. The minimum Gasteiger partial charge on any atom is -0.474 e. The van der Waals surface area contributed by atoms with Crippen LogP contribution in [0.25, 0.3) is 11.1 Å². The second-order valence-corrected chi connectivity index (χ2v) is 11.4. The number of anilines is 2. The lowest BCUT2D eigenvalue weighted by atomic mass is 9.97. The second kappa shape index (κ2) is 12.4. The van der Waals surface area contributed by atoms with Gasteiger partial charge in [0.05, 0.1) is 22.5 Å². The topological polar surface area (TPSA) is 90.6 Å². The lowest BCUT2D eigenvalue weighted by Gasteiger charge is -2.44. The number of likely N-dealkylation sites (N-methyl/N-ethyl adjacent to an activating group) is 1. The molecule has 5 rings (SSSR count). The molecule has 1 saturated carbocycles. The summed E-state index contributed by atoms with van der Waals surface area (Å²) in [5.74, 6) is -1.43. The lowest BCUT2D eigenvalue weighted by Crippen LogP contribution is -2.55. The van der Waals surface area contributed by atoms with Crippen molar-refractivity contribution in [3.8, 4) is 17.0 Å². The molecule has 8 nitrogen and oxygen atoms in total. The van der Waals surface area contributed by atoms with Gasteiger partial charge in [0.1, 0.15) is 11.9 Å². The summed E-state index contributed by atoms with van der Waals surface area (Å²) < 4.78 is 63.5. The number of benzene rings is 1. The number of alkyl halides is 3. The van der Waals surface area contributed by atoms with Crippen LogP contribution in [0.5, 0.6) is 5.88 Å². The van der Waals surface area contributed by atoms with E-state index >= 15 is 4.39 Å². The molecular weight excluding hydrogens is 566 g/mol. The van der Waals surface area contributed by atoms with Crippen LogP contribution in [0.15, 0.2) is 47.5 Å². The van der Waals surface area contributed by atoms with Gasteiger partial charge in [0.2, 0.25) is 11.4 Å². The van der Waals surface area contributed by atoms with E-state index < -0.39 is 34.6 Å². The molecule has 1 aliphatic heterocycles. The molecule has 1 aromatic carbocycles. The van der Waals surface area contributed by atoms with Crippen molar-refractivity contribution in [2.45, 2.75) is 70.3 Å². The molecule has 12 heteroatoms. The first-order valence-corrected chi connectivity index (χ1v) is 14.5.